The van der Waals surface area contributed by atoms with Gasteiger partial charge in [0.1, 0.15) is 5.82 Å². The van der Waals surface area contributed by atoms with Gasteiger partial charge in [0.15, 0.2) is 11.5 Å². The van der Waals surface area contributed by atoms with Crippen molar-refractivity contribution in [1.29, 1.82) is 0 Å². The van der Waals surface area contributed by atoms with Crippen LogP contribution in [0.25, 0.3) is 0 Å². The van der Waals surface area contributed by atoms with Crippen LogP contribution in [-0.4, -0.2) is 28.8 Å². The summed E-state index contributed by atoms with van der Waals surface area (Å²) in [6.07, 6.45) is 0.0771. The first-order valence-corrected chi connectivity index (χ1v) is 8.30. The van der Waals surface area contributed by atoms with Crippen LogP contribution >= 0.6 is 0 Å². The molecule has 8 nitrogen and oxygen atoms in total. The van der Waals surface area contributed by atoms with Gasteiger partial charge in [0.05, 0.1) is 19.3 Å². The van der Waals surface area contributed by atoms with E-state index in [9.17, 15) is 14.4 Å². The van der Waals surface area contributed by atoms with E-state index in [4.69, 9.17) is 9.47 Å². The van der Waals surface area contributed by atoms with Crippen molar-refractivity contribution in [3.63, 3.8) is 0 Å². The average Bonchev–Trinajstić information content (AvgIpc) is 2.64. The third kappa shape index (κ3) is 2.67. The number of benzene rings is 1. The number of hydrogen-bond acceptors (Lipinski definition) is 5. The molecule has 0 bridgehead atoms. The number of nitrogens with zero attached hydrogens (tertiary/aromatic N) is 2. The largest absolute Gasteiger partial charge is 0.493 e. The zero-order valence-electron chi connectivity index (χ0n) is 15.2. The number of carbonyl (C=O) groups excluding carboxylic acids is 1. The number of ether oxygens (including phenoxy) is 2. The van der Waals surface area contributed by atoms with Gasteiger partial charge in [0.25, 0.3) is 5.56 Å². The number of methoxy groups -OCH3 is 1. The van der Waals surface area contributed by atoms with Crippen molar-refractivity contribution in [3.8, 4) is 11.5 Å². The van der Waals surface area contributed by atoms with Gasteiger partial charge in [-0.2, -0.15) is 0 Å². The molecule has 0 radical (unpaired) electrons. The average molecular weight is 359 g/mol. The minimum atomic E-state index is -0.541. The maximum absolute atomic E-state index is 12.8. The molecule has 1 aliphatic rings. The van der Waals surface area contributed by atoms with E-state index in [1.807, 2.05) is 13.0 Å². The predicted molar refractivity (Wildman–Crippen MR) is 96.2 cm³/mol. The Hall–Kier alpha value is -3.03. The normalized spacial score (nSPS) is 16.0. The maximum Gasteiger partial charge on any atom is 0.332 e. The Labute approximate surface area is 150 Å². The molecule has 1 N–H and O–H groups in total. The number of hydrogen-bond donors (Lipinski definition) is 1. The third-order valence-electron chi connectivity index (χ3n) is 4.59. The van der Waals surface area contributed by atoms with Gasteiger partial charge in [0.2, 0.25) is 5.91 Å². The zero-order chi connectivity index (χ0) is 19.0. The van der Waals surface area contributed by atoms with Gasteiger partial charge < -0.3 is 14.8 Å². The molecule has 1 aromatic carbocycles. The van der Waals surface area contributed by atoms with Gasteiger partial charge in [-0.05, 0) is 13.0 Å². The summed E-state index contributed by atoms with van der Waals surface area (Å²) in [6, 6.07) is 5.36. The first-order valence-electron chi connectivity index (χ1n) is 8.30. The Morgan fingerprint density at radius 2 is 1.92 bits per heavy atom. The van der Waals surface area contributed by atoms with Gasteiger partial charge in [-0.25, -0.2) is 4.79 Å². The molecule has 8 heteroatoms. The minimum Gasteiger partial charge on any atom is -0.493 e. The fourth-order valence-electron chi connectivity index (χ4n) is 3.34. The molecule has 2 aromatic rings. The summed E-state index contributed by atoms with van der Waals surface area (Å²) in [7, 11) is 4.48. The molecule has 138 valence electrons. The number of nitrogens with one attached hydrogen (secondary N) is 1. The van der Waals surface area contributed by atoms with Crippen LogP contribution in [0.4, 0.5) is 5.82 Å². The van der Waals surface area contributed by atoms with E-state index < -0.39 is 17.2 Å². The van der Waals surface area contributed by atoms with Crippen LogP contribution in [0.2, 0.25) is 0 Å². The molecular formula is C18H21N3O5. The zero-order valence-corrected chi connectivity index (χ0v) is 15.2. The summed E-state index contributed by atoms with van der Waals surface area (Å²) in [5.41, 5.74) is 0.116. The maximum atomic E-state index is 12.8. The lowest BCUT2D eigenvalue weighted by atomic mass is 9.86. The van der Waals surface area contributed by atoms with Crippen molar-refractivity contribution in [2.75, 3.05) is 19.0 Å². The Morgan fingerprint density at radius 3 is 2.58 bits per heavy atom. The second kappa shape index (κ2) is 6.70. The molecule has 0 fully saturated rings. The van der Waals surface area contributed by atoms with E-state index in [-0.39, 0.29) is 18.1 Å². The van der Waals surface area contributed by atoms with Crippen molar-refractivity contribution in [1.82, 2.24) is 9.13 Å². The van der Waals surface area contributed by atoms with Crippen molar-refractivity contribution in [2.24, 2.45) is 14.1 Å². The van der Waals surface area contributed by atoms with E-state index in [1.54, 1.807) is 12.1 Å². The van der Waals surface area contributed by atoms with Gasteiger partial charge >= 0.3 is 5.69 Å². The summed E-state index contributed by atoms with van der Waals surface area (Å²) in [4.78, 5) is 37.3. The minimum absolute atomic E-state index is 0.0771. The third-order valence-corrected chi connectivity index (χ3v) is 4.59. The standard InChI is InChI=1S/C18H21N3O5/c1-5-26-15-10(7-6-8-12(15)25-4)11-9-13(22)19-16-14(11)17(23)21(3)18(24)20(16)2/h6-8,11H,5,9H2,1-4H3,(H,19,22)/t11-/m1/s1. The monoisotopic (exact) mass is 359 g/mol. The molecule has 0 spiro atoms. The Kier molecular flexibility index (Phi) is 4.58. The molecule has 1 atom stereocenters. The highest BCUT2D eigenvalue weighted by molar-refractivity contribution is 5.94. The van der Waals surface area contributed by atoms with E-state index in [0.717, 1.165) is 4.57 Å². The van der Waals surface area contributed by atoms with Gasteiger partial charge in [-0.1, -0.05) is 12.1 Å². The number of carbonyl (C=O) groups is 1. The topological polar surface area (TPSA) is 91.6 Å². The first-order chi connectivity index (χ1) is 12.4. The molecular weight excluding hydrogens is 338 g/mol. The molecule has 1 amide bonds. The Bertz CT molecular complexity index is 990. The molecule has 0 aliphatic carbocycles. The van der Waals surface area contributed by atoms with Crippen LogP contribution in [0.1, 0.15) is 30.4 Å². The lowest BCUT2D eigenvalue weighted by Crippen LogP contribution is -2.44. The highest BCUT2D eigenvalue weighted by Gasteiger charge is 2.34. The van der Waals surface area contributed by atoms with Crippen LogP contribution in [-0.2, 0) is 18.9 Å². The summed E-state index contributed by atoms with van der Waals surface area (Å²) in [5.74, 6) is 0.444. The second-order valence-corrected chi connectivity index (χ2v) is 6.08. The van der Waals surface area contributed by atoms with Gasteiger partial charge in [-0.3, -0.25) is 18.7 Å². The Morgan fingerprint density at radius 1 is 1.19 bits per heavy atom. The highest BCUT2D eigenvalue weighted by atomic mass is 16.5. The van der Waals surface area contributed by atoms with Crippen molar-refractivity contribution in [2.45, 2.75) is 19.3 Å². The first kappa shape index (κ1) is 17.8. The van der Waals surface area contributed by atoms with Gasteiger partial charge in [-0.15, -0.1) is 0 Å². The Balaban J connectivity index is 2.32. The molecule has 26 heavy (non-hydrogen) atoms. The van der Waals surface area contributed by atoms with E-state index >= 15 is 0 Å². The summed E-state index contributed by atoms with van der Waals surface area (Å²) in [6.45, 7) is 2.25. The number of para-hydroxylation sites is 1. The van der Waals surface area contributed by atoms with Crippen molar-refractivity contribution >= 4 is 11.7 Å². The van der Waals surface area contributed by atoms with E-state index in [0.29, 0.717) is 29.2 Å². The molecule has 0 saturated carbocycles. The smallest absolute Gasteiger partial charge is 0.332 e. The van der Waals surface area contributed by atoms with Crippen LogP contribution in [0.15, 0.2) is 27.8 Å². The summed E-state index contributed by atoms with van der Waals surface area (Å²) in [5, 5.41) is 2.66. The number of anilines is 1. The number of amides is 1. The molecule has 2 heterocycles. The highest BCUT2D eigenvalue weighted by Crippen LogP contribution is 2.42. The lowest BCUT2D eigenvalue weighted by molar-refractivity contribution is -0.116. The van der Waals surface area contributed by atoms with Crippen molar-refractivity contribution < 1.29 is 14.3 Å². The fourth-order valence-corrected chi connectivity index (χ4v) is 3.34. The van der Waals surface area contributed by atoms with E-state index in [1.165, 1.54) is 25.8 Å². The second-order valence-electron chi connectivity index (χ2n) is 6.08. The predicted octanol–water partition coefficient (Wildman–Crippen LogP) is 0.965. The molecule has 0 saturated heterocycles. The van der Waals surface area contributed by atoms with Crippen LogP contribution in [0.3, 0.4) is 0 Å². The molecule has 3 rings (SSSR count). The van der Waals surface area contributed by atoms with Gasteiger partial charge in [0, 0.05) is 32.0 Å². The summed E-state index contributed by atoms with van der Waals surface area (Å²) >= 11 is 0. The van der Waals surface area contributed by atoms with E-state index in [2.05, 4.69) is 5.32 Å². The molecule has 1 aromatic heterocycles. The lowest BCUT2D eigenvalue weighted by Gasteiger charge is -2.28. The SMILES string of the molecule is CCOc1c(OC)cccc1[C@H]1CC(=O)Nc2c1c(=O)n(C)c(=O)n2C. The van der Waals surface area contributed by atoms with Crippen LogP contribution in [0.5, 0.6) is 11.5 Å². The fraction of sp³-hybridized carbons (Fsp3) is 0.389. The van der Waals surface area contributed by atoms with Crippen LogP contribution < -0.4 is 26.0 Å². The van der Waals surface area contributed by atoms with Crippen LogP contribution in [0, 0.1) is 0 Å². The quantitative estimate of drug-likeness (QED) is 0.878. The number of fused-ring (bicyclic) bond motifs is 1. The van der Waals surface area contributed by atoms with Crippen molar-refractivity contribution in [3.05, 3.63) is 50.2 Å². The summed E-state index contributed by atoms with van der Waals surface area (Å²) < 4.78 is 13.5. The number of aromatic nitrogens is 2. The number of rotatable bonds is 4. The molecule has 0 unspecified atom stereocenters. The molecule has 1 aliphatic heterocycles.